The van der Waals surface area contributed by atoms with Crippen LogP contribution in [0.3, 0.4) is 0 Å². The quantitative estimate of drug-likeness (QED) is 0.883. The highest BCUT2D eigenvalue weighted by Gasteiger charge is 2.29. The third kappa shape index (κ3) is 3.53. The molecule has 1 fully saturated rings. The first kappa shape index (κ1) is 16.4. The Kier molecular flexibility index (Phi) is 4.75. The van der Waals surface area contributed by atoms with Crippen LogP contribution in [0, 0.1) is 6.92 Å². The molecule has 128 valence electrons. The lowest BCUT2D eigenvalue weighted by atomic mass is 10.1. The highest BCUT2D eigenvalue weighted by molar-refractivity contribution is 5.98. The van der Waals surface area contributed by atoms with Crippen LogP contribution in [0.4, 0.5) is 5.82 Å². The molecule has 1 aliphatic rings. The van der Waals surface area contributed by atoms with Crippen molar-refractivity contribution in [2.75, 3.05) is 25.0 Å². The fourth-order valence-electron chi connectivity index (χ4n) is 2.63. The number of carbonyl (C=O) groups excluding carboxylic acids is 1. The maximum atomic E-state index is 12.9. The lowest BCUT2D eigenvalue weighted by molar-refractivity contribution is -0.0266. The van der Waals surface area contributed by atoms with Crippen LogP contribution in [0.2, 0.25) is 0 Å². The van der Waals surface area contributed by atoms with Crippen molar-refractivity contribution < 1.29 is 9.53 Å². The van der Waals surface area contributed by atoms with Crippen LogP contribution >= 0.6 is 0 Å². The van der Waals surface area contributed by atoms with Gasteiger partial charge in [0, 0.05) is 18.8 Å². The van der Waals surface area contributed by atoms with Crippen LogP contribution in [0.15, 0.2) is 18.3 Å². The van der Waals surface area contributed by atoms with Gasteiger partial charge >= 0.3 is 0 Å². The molecule has 0 aromatic carbocycles. The molecule has 0 spiro atoms. The van der Waals surface area contributed by atoms with Crippen molar-refractivity contribution in [1.82, 2.24) is 25.1 Å². The van der Waals surface area contributed by atoms with Gasteiger partial charge in [-0.3, -0.25) is 9.89 Å². The first-order valence-corrected chi connectivity index (χ1v) is 8.06. The van der Waals surface area contributed by atoms with E-state index in [9.17, 15) is 4.79 Å². The summed E-state index contributed by atoms with van der Waals surface area (Å²) in [4.78, 5) is 23.3. The van der Waals surface area contributed by atoms with Gasteiger partial charge in [-0.1, -0.05) is 0 Å². The fraction of sp³-hybridized carbons (Fsp3) is 0.500. The second-order valence-corrected chi connectivity index (χ2v) is 6.09. The number of pyridine rings is 1. The zero-order valence-electron chi connectivity index (χ0n) is 14.1. The topological polar surface area (TPSA) is 96.0 Å². The van der Waals surface area contributed by atoms with Crippen LogP contribution in [-0.2, 0) is 4.74 Å². The van der Waals surface area contributed by atoms with Crippen LogP contribution < -0.4 is 5.32 Å². The van der Waals surface area contributed by atoms with Crippen LogP contribution in [0.1, 0.15) is 42.0 Å². The largest absolute Gasteiger partial charge is 0.367 e. The van der Waals surface area contributed by atoms with Gasteiger partial charge in [0.1, 0.15) is 17.7 Å². The zero-order chi connectivity index (χ0) is 17.1. The molecule has 1 aliphatic heterocycles. The Bertz CT molecular complexity index is 714. The number of aromatic nitrogens is 4. The molecule has 2 aromatic heterocycles. The van der Waals surface area contributed by atoms with E-state index in [1.807, 2.05) is 20.8 Å². The summed E-state index contributed by atoms with van der Waals surface area (Å²) >= 11 is 0. The zero-order valence-corrected chi connectivity index (χ0v) is 14.1. The number of morpholine rings is 1. The summed E-state index contributed by atoms with van der Waals surface area (Å²) in [5.41, 5.74) is 0.568. The molecule has 0 bridgehead atoms. The maximum absolute atomic E-state index is 12.9. The number of aryl methyl sites for hydroxylation is 1. The number of amides is 1. The molecule has 0 radical (unpaired) electrons. The summed E-state index contributed by atoms with van der Waals surface area (Å²) < 4.78 is 5.72. The van der Waals surface area contributed by atoms with Crippen LogP contribution in [0.25, 0.3) is 0 Å². The molecule has 2 N–H and O–H groups in total. The number of H-pyrrole nitrogens is 1. The summed E-state index contributed by atoms with van der Waals surface area (Å²) in [7, 11) is 0. The minimum Gasteiger partial charge on any atom is -0.367 e. The van der Waals surface area contributed by atoms with E-state index in [0.29, 0.717) is 36.9 Å². The lowest BCUT2D eigenvalue weighted by Gasteiger charge is -2.32. The predicted molar refractivity (Wildman–Crippen MR) is 88.7 cm³/mol. The first-order chi connectivity index (χ1) is 11.5. The molecule has 1 atom stereocenters. The number of hydrogen-bond acceptors (Lipinski definition) is 6. The molecule has 0 aliphatic carbocycles. The summed E-state index contributed by atoms with van der Waals surface area (Å²) in [5.74, 6) is 1.85. The average Bonchev–Trinajstić information content (AvgIpc) is 3.01. The Morgan fingerprint density at radius 3 is 3.04 bits per heavy atom. The normalized spacial score (nSPS) is 18.0. The van der Waals surface area contributed by atoms with Crippen molar-refractivity contribution in [3.05, 3.63) is 35.5 Å². The maximum Gasteiger partial charge on any atom is 0.257 e. The molecular weight excluding hydrogens is 308 g/mol. The summed E-state index contributed by atoms with van der Waals surface area (Å²) in [6.07, 6.45) is 1.37. The van der Waals surface area contributed by atoms with Gasteiger partial charge in [-0.15, -0.1) is 0 Å². The molecule has 8 nitrogen and oxygen atoms in total. The molecular formula is C16H22N6O2. The van der Waals surface area contributed by atoms with E-state index in [1.165, 1.54) is 0 Å². The Morgan fingerprint density at radius 1 is 1.50 bits per heavy atom. The smallest absolute Gasteiger partial charge is 0.257 e. The van der Waals surface area contributed by atoms with Gasteiger partial charge in [0.05, 0.1) is 18.7 Å². The van der Waals surface area contributed by atoms with Crippen LogP contribution in [0.5, 0.6) is 0 Å². The SMILES string of the molecule is Cc1nc(C2CN(C(=O)c3cccnc3NC(C)C)CCO2)n[nH]1. The summed E-state index contributed by atoms with van der Waals surface area (Å²) in [6, 6.07) is 3.76. The highest BCUT2D eigenvalue weighted by atomic mass is 16.5. The Hall–Kier alpha value is -2.48. The van der Waals surface area contributed by atoms with E-state index in [-0.39, 0.29) is 18.1 Å². The monoisotopic (exact) mass is 330 g/mol. The highest BCUT2D eigenvalue weighted by Crippen LogP contribution is 2.22. The lowest BCUT2D eigenvalue weighted by Crippen LogP contribution is -2.42. The van der Waals surface area contributed by atoms with Gasteiger partial charge in [0.25, 0.3) is 5.91 Å². The van der Waals surface area contributed by atoms with Crippen molar-refractivity contribution in [3.63, 3.8) is 0 Å². The number of rotatable bonds is 4. The first-order valence-electron chi connectivity index (χ1n) is 8.06. The minimum atomic E-state index is -0.314. The molecule has 1 amide bonds. The van der Waals surface area contributed by atoms with Gasteiger partial charge in [0.15, 0.2) is 5.82 Å². The standard InChI is InChI=1S/C16H22N6O2/c1-10(2)18-14-12(5-4-6-17-14)16(23)22-7-8-24-13(9-22)15-19-11(3)20-21-15/h4-6,10,13H,7-9H2,1-3H3,(H,17,18)(H,19,20,21). The Labute approximate surface area is 140 Å². The van der Waals surface area contributed by atoms with Gasteiger partial charge in [-0.25, -0.2) is 9.97 Å². The molecule has 0 saturated carbocycles. The molecule has 24 heavy (non-hydrogen) atoms. The van der Waals surface area contributed by atoms with E-state index in [1.54, 1.807) is 23.2 Å². The molecule has 3 heterocycles. The number of aromatic amines is 1. The molecule has 1 unspecified atom stereocenters. The van der Waals surface area contributed by atoms with Crippen molar-refractivity contribution in [3.8, 4) is 0 Å². The van der Waals surface area contributed by atoms with E-state index < -0.39 is 0 Å². The Balaban J connectivity index is 1.77. The van der Waals surface area contributed by atoms with Gasteiger partial charge < -0.3 is 15.0 Å². The van der Waals surface area contributed by atoms with Crippen molar-refractivity contribution in [1.29, 1.82) is 0 Å². The molecule has 3 rings (SSSR count). The number of nitrogens with one attached hydrogen (secondary N) is 2. The molecule has 1 saturated heterocycles. The van der Waals surface area contributed by atoms with Gasteiger partial charge in [-0.05, 0) is 32.9 Å². The number of ether oxygens (including phenoxy) is 1. The number of nitrogens with zero attached hydrogens (tertiary/aromatic N) is 4. The van der Waals surface area contributed by atoms with E-state index >= 15 is 0 Å². The van der Waals surface area contributed by atoms with Gasteiger partial charge in [-0.2, -0.15) is 5.10 Å². The number of carbonyl (C=O) groups is 1. The third-order valence-corrected chi connectivity index (χ3v) is 3.72. The second-order valence-electron chi connectivity index (χ2n) is 6.09. The van der Waals surface area contributed by atoms with Crippen molar-refractivity contribution >= 4 is 11.7 Å². The van der Waals surface area contributed by atoms with Crippen molar-refractivity contribution in [2.24, 2.45) is 0 Å². The summed E-state index contributed by atoms with van der Waals surface area (Å²) in [5, 5.41) is 10.2. The third-order valence-electron chi connectivity index (χ3n) is 3.72. The average molecular weight is 330 g/mol. The molecule has 2 aromatic rings. The minimum absolute atomic E-state index is 0.0631. The van der Waals surface area contributed by atoms with Crippen molar-refractivity contribution in [2.45, 2.75) is 32.9 Å². The number of anilines is 1. The second kappa shape index (κ2) is 6.96. The van der Waals surface area contributed by atoms with E-state index in [0.717, 1.165) is 5.82 Å². The molecule has 8 heteroatoms. The summed E-state index contributed by atoms with van der Waals surface area (Å²) in [6.45, 7) is 7.28. The fourth-order valence-corrected chi connectivity index (χ4v) is 2.63. The Morgan fingerprint density at radius 2 is 2.33 bits per heavy atom. The number of hydrogen-bond donors (Lipinski definition) is 2. The van der Waals surface area contributed by atoms with Gasteiger partial charge in [0.2, 0.25) is 0 Å². The predicted octanol–water partition coefficient (Wildman–Crippen LogP) is 1.54. The van der Waals surface area contributed by atoms with E-state index in [4.69, 9.17) is 4.74 Å². The van der Waals surface area contributed by atoms with Crippen LogP contribution in [-0.4, -0.2) is 56.7 Å². The van der Waals surface area contributed by atoms with E-state index in [2.05, 4.69) is 25.5 Å².